The highest BCUT2D eigenvalue weighted by Gasteiger charge is 2.26. The molecule has 0 spiro atoms. The molecule has 0 bridgehead atoms. The molecule has 1 atom stereocenters. The minimum atomic E-state index is -0.249. The third-order valence-corrected chi connectivity index (χ3v) is 6.30. The summed E-state index contributed by atoms with van der Waals surface area (Å²) in [5, 5.41) is 4.05. The van der Waals surface area contributed by atoms with E-state index in [1.54, 1.807) is 17.7 Å². The minimum absolute atomic E-state index is 0.114. The van der Waals surface area contributed by atoms with Crippen molar-refractivity contribution in [1.82, 2.24) is 24.4 Å². The molecule has 0 saturated carbocycles. The van der Waals surface area contributed by atoms with E-state index < -0.39 is 0 Å². The summed E-state index contributed by atoms with van der Waals surface area (Å²) in [6.07, 6.45) is 3.80. The standard InChI is InChI=1S/C23H24N6O2S/c1-16-13-24-23(32-16)27-21-8-4-6-18(26-21)20-14-28(11-12-31-20)22(30)9-10-29-15-25-17-5-2-3-7-19(17)29/h2-8,13,15,20H,9-12,14H2,1H3,(H,24,26,27). The smallest absolute Gasteiger partial charge is 0.224 e. The number of nitrogens with one attached hydrogen (secondary N) is 1. The van der Waals surface area contributed by atoms with Crippen molar-refractivity contribution in [1.29, 1.82) is 0 Å². The fraction of sp³-hybridized carbons (Fsp3) is 0.304. The number of pyridine rings is 1. The van der Waals surface area contributed by atoms with Gasteiger partial charge in [0, 0.05) is 30.6 Å². The van der Waals surface area contributed by atoms with E-state index in [9.17, 15) is 4.79 Å². The number of ether oxygens (including phenoxy) is 1. The molecule has 1 aromatic carbocycles. The lowest BCUT2D eigenvalue weighted by Crippen LogP contribution is -2.42. The zero-order chi connectivity index (χ0) is 21.9. The molecule has 1 aliphatic heterocycles. The molecule has 3 aromatic heterocycles. The summed E-state index contributed by atoms with van der Waals surface area (Å²) < 4.78 is 7.98. The maximum Gasteiger partial charge on any atom is 0.224 e. The number of benzene rings is 1. The van der Waals surface area contributed by atoms with Gasteiger partial charge < -0.3 is 19.5 Å². The quantitative estimate of drug-likeness (QED) is 0.481. The number of imidazole rings is 1. The summed E-state index contributed by atoms with van der Waals surface area (Å²) >= 11 is 1.58. The van der Waals surface area contributed by atoms with Gasteiger partial charge in [0.25, 0.3) is 0 Å². The van der Waals surface area contributed by atoms with E-state index in [2.05, 4.69) is 15.3 Å². The number of anilines is 2. The zero-order valence-electron chi connectivity index (χ0n) is 17.8. The molecule has 9 heteroatoms. The van der Waals surface area contributed by atoms with E-state index in [0.717, 1.165) is 32.6 Å². The van der Waals surface area contributed by atoms with Crippen LogP contribution in [0.5, 0.6) is 0 Å². The molecule has 1 saturated heterocycles. The van der Waals surface area contributed by atoms with Gasteiger partial charge in [-0.25, -0.2) is 15.0 Å². The number of para-hydroxylation sites is 2. The van der Waals surface area contributed by atoms with E-state index in [-0.39, 0.29) is 12.0 Å². The normalized spacial score (nSPS) is 16.4. The first-order chi connectivity index (χ1) is 15.7. The van der Waals surface area contributed by atoms with Gasteiger partial charge in [-0.1, -0.05) is 18.2 Å². The number of fused-ring (bicyclic) bond motifs is 1. The van der Waals surface area contributed by atoms with E-state index in [1.807, 2.05) is 65.1 Å². The van der Waals surface area contributed by atoms with Crippen LogP contribution in [0.3, 0.4) is 0 Å². The first-order valence-electron chi connectivity index (χ1n) is 10.6. The van der Waals surface area contributed by atoms with Crippen molar-refractivity contribution in [3.63, 3.8) is 0 Å². The van der Waals surface area contributed by atoms with Gasteiger partial charge in [0.1, 0.15) is 11.9 Å². The summed E-state index contributed by atoms with van der Waals surface area (Å²) in [5.74, 6) is 0.833. The fourth-order valence-electron chi connectivity index (χ4n) is 3.84. The van der Waals surface area contributed by atoms with Crippen LogP contribution in [-0.2, 0) is 16.1 Å². The van der Waals surface area contributed by atoms with Gasteiger partial charge in [0.05, 0.1) is 36.2 Å². The van der Waals surface area contributed by atoms with Gasteiger partial charge in [-0.3, -0.25) is 4.79 Å². The summed E-state index contributed by atoms with van der Waals surface area (Å²) in [5.41, 5.74) is 2.80. The number of nitrogens with zero attached hydrogens (tertiary/aromatic N) is 5. The number of carbonyl (C=O) groups excluding carboxylic acids is 1. The second-order valence-electron chi connectivity index (χ2n) is 7.72. The molecule has 1 N–H and O–H groups in total. The molecule has 164 valence electrons. The molecular formula is C23H24N6O2S. The Morgan fingerprint density at radius 3 is 3.00 bits per heavy atom. The molecule has 0 radical (unpaired) electrons. The van der Waals surface area contributed by atoms with Crippen molar-refractivity contribution >= 4 is 39.2 Å². The van der Waals surface area contributed by atoms with Gasteiger partial charge in [-0.2, -0.15) is 0 Å². The number of carbonyl (C=O) groups is 1. The van der Waals surface area contributed by atoms with Gasteiger partial charge in [0.2, 0.25) is 5.91 Å². The molecule has 1 aliphatic rings. The molecule has 1 amide bonds. The highest BCUT2D eigenvalue weighted by atomic mass is 32.1. The highest BCUT2D eigenvalue weighted by Crippen LogP contribution is 2.25. The Kier molecular flexibility index (Phi) is 5.83. The predicted molar refractivity (Wildman–Crippen MR) is 124 cm³/mol. The van der Waals surface area contributed by atoms with Crippen LogP contribution < -0.4 is 5.32 Å². The molecule has 1 fully saturated rings. The van der Waals surface area contributed by atoms with Crippen molar-refractivity contribution in [2.75, 3.05) is 25.0 Å². The van der Waals surface area contributed by atoms with Crippen LogP contribution in [0.1, 0.15) is 23.1 Å². The number of hydrogen-bond acceptors (Lipinski definition) is 7. The summed E-state index contributed by atoms with van der Waals surface area (Å²) in [6.45, 7) is 4.21. The first kappa shape index (κ1) is 20.6. The Hall–Kier alpha value is -3.30. The first-order valence-corrected chi connectivity index (χ1v) is 11.4. The van der Waals surface area contributed by atoms with Crippen molar-refractivity contribution in [3.05, 3.63) is 65.6 Å². The molecule has 32 heavy (non-hydrogen) atoms. The summed E-state index contributed by atoms with van der Waals surface area (Å²) in [6, 6.07) is 13.7. The Labute approximate surface area is 189 Å². The number of rotatable bonds is 6. The van der Waals surface area contributed by atoms with Crippen molar-refractivity contribution in [3.8, 4) is 0 Å². The van der Waals surface area contributed by atoms with E-state index in [1.165, 1.54) is 0 Å². The van der Waals surface area contributed by atoms with E-state index in [0.29, 0.717) is 32.7 Å². The molecule has 4 heterocycles. The predicted octanol–water partition coefficient (Wildman–Crippen LogP) is 3.93. The van der Waals surface area contributed by atoms with Crippen LogP contribution >= 0.6 is 11.3 Å². The van der Waals surface area contributed by atoms with E-state index >= 15 is 0 Å². The van der Waals surface area contributed by atoms with Gasteiger partial charge in [0.15, 0.2) is 5.13 Å². The second kappa shape index (κ2) is 9.05. The molecule has 0 aliphatic carbocycles. The van der Waals surface area contributed by atoms with Gasteiger partial charge in [-0.15, -0.1) is 11.3 Å². The van der Waals surface area contributed by atoms with Crippen LogP contribution in [0, 0.1) is 6.92 Å². The molecule has 8 nitrogen and oxygen atoms in total. The van der Waals surface area contributed by atoms with Crippen molar-refractivity contribution in [2.24, 2.45) is 0 Å². The third kappa shape index (κ3) is 4.49. The Morgan fingerprint density at radius 2 is 2.12 bits per heavy atom. The summed E-state index contributed by atoms with van der Waals surface area (Å²) in [4.78, 5) is 29.3. The Morgan fingerprint density at radius 1 is 1.22 bits per heavy atom. The zero-order valence-corrected chi connectivity index (χ0v) is 18.6. The SMILES string of the molecule is Cc1cnc(Nc2cccc(C3CN(C(=O)CCn4cnc5ccccc54)CCO3)n2)s1. The molecular weight excluding hydrogens is 424 g/mol. The number of amides is 1. The average molecular weight is 449 g/mol. The lowest BCUT2D eigenvalue weighted by atomic mass is 10.1. The number of thiazole rings is 1. The number of morpholine rings is 1. The molecule has 5 rings (SSSR count). The Bertz CT molecular complexity index is 1240. The highest BCUT2D eigenvalue weighted by molar-refractivity contribution is 7.15. The number of hydrogen-bond donors (Lipinski definition) is 1. The largest absolute Gasteiger partial charge is 0.368 e. The van der Waals surface area contributed by atoms with Gasteiger partial charge in [-0.05, 0) is 31.2 Å². The third-order valence-electron chi connectivity index (χ3n) is 5.47. The lowest BCUT2D eigenvalue weighted by Gasteiger charge is -2.33. The van der Waals surface area contributed by atoms with Crippen LogP contribution in [-0.4, -0.2) is 50.0 Å². The Balaban J connectivity index is 1.22. The topological polar surface area (TPSA) is 85.2 Å². The number of aryl methyl sites for hydroxylation is 2. The summed E-state index contributed by atoms with van der Waals surface area (Å²) in [7, 11) is 0. The molecule has 1 unspecified atom stereocenters. The van der Waals surface area contributed by atoms with Crippen molar-refractivity contribution < 1.29 is 9.53 Å². The van der Waals surface area contributed by atoms with Crippen LogP contribution in [0.2, 0.25) is 0 Å². The maximum atomic E-state index is 12.9. The lowest BCUT2D eigenvalue weighted by molar-refractivity contribution is -0.139. The fourth-order valence-corrected chi connectivity index (χ4v) is 4.51. The van der Waals surface area contributed by atoms with Crippen LogP contribution in [0.4, 0.5) is 10.9 Å². The van der Waals surface area contributed by atoms with Crippen LogP contribution in [0.15, 0.2) is 55.0 Å². The van der Waals surface area contributed by atoms with E-state index in [4.69, 9.17) is 9.72 Å². The molecule has 4 aromatic rings. The van der Waals surface area contributed by atoms with Crippen LogP contribution in [0.25, 0.3) is 11.0 Å². The van der Waals surface area contributed by atoms with Gasteiger partial charge >= 0.3 is 0 Å². The maximum absolute atomic E-state index is 12.9. The average Bonchev–Trinajstić information content (AvgIpc) is 3.43. The van der Waals surface area contributed by atoms with Crippen molar-refractivity contribution in [2.45, 2.75) is 26.0 Å². The minimum Gasteiger partial charge on any atom is -0.368 e. The number of aromatic nitrogens is 4. The monoisotopic (exact) mass is 448 g/mol. The second-order valence-corrected chi connectivity index (χ2v) is 8.96.